The third kappa shape index (κ3) is 4.34. The summed E-state index contributed by atoms with van der Waals surface area (Å²) in [5.74, 6) is 0.672. The summed E-state index contributed by atoms with van der Waals surface area (Å²) in [5.41, 5.74) is 0. The van der Waals surface area contributed by atoms with Gasteiger partial charge < -0.3 is 9.47 Å². The smallest absolute Gasteiger partial charge is 0.0962 e. The van der Waals surface area contributed by atoms with E-state index in [1.165, 1.54) is 12.8 Å². The van der Waals surface area contributed by atoms with Crippen molar-refractivity contribution in [3.8, 4) is 0 Å². The Hall–Kier alpha value is 0.400. The van der Waals surface area contributed by atoms with E-state index in [1.807, 2.05) is 0 Å². The Morgan fingerprint density at radius 1 is 1.25 bits per heavy atom. The Bertz CT molecular complexity index is 187. The molecule has 0 bridgehead atoms. The maximum absolute atomic E-state index is 5.92. The molecule has 4 atom stereocenters. The molecule has 1 aliphatic rings. The minimum Gasteiger partial charge on any atom is -0.375 e. The zero-order valence-corrected chi connectivity index (χ0v) is 12.3. The average molecular weight is 293 g/mol. The van der Waals surface area contributed by atoms with E-state index in [0.717, 1.165) is 26.1 Å². The van der Waals surface area contributed by atoms with Crippen molar-refractivity contribution in [2.75, 3.05) is 13.2 Å². The van der Waals surface area contributed by atoms with Gasteiger partial charge in [-0.25, -0.2) is 0 Å². The molecule has 0 spiro atoms. The maximum atomic E-state index is 5.92. The van der Waals surface area contributed by atoms with Crippen LogP contribution in [0.1, 0.15) is 46.5 Å². The lowest BCUT2D eigenvalue weighted by atomic mass is 9.91. The molecular formula is C13H25BrO2. The highest BCUT2D eigenvalue weighted by Crippen LogP contribution is 2.33. The lowest BCUT2D eigenvalue weighted by Gasteiger charge is -2.41. The van der Waals surface area contributed by atoms with Gasteiger partial charge in [0.25, 0.3) is 0 Å². The van der Waals surface area contributed by atoms with Crippen molar-refractivity contribution in [2.24, 2.45) is 5.92 Å². The topological polar surface area (TPSA) is 18.5 Å². The first kappa shape index (κ1) is 14.5. The second kappa shape index (κ2) is 7.67. The van der Waals surface area contributed by atoms with Crippen LogP contribution in [0.3, 0.4) is 0 Å². The molecule has 1 fully saturated rings. The van der Waals surface area contributed by atoms with E-state index in [4.69, 9.17) is 9.47 Å². The molecule has 1 aliphatic carbocycles. The molecule has 0 saturated heterocycles. The fourth-order valence-corrected chi connectivity index (χ4v) is 2.88. The van der Waals surface area contributed by atoms with Crippen LogP contribution in [0.25, 0.3) is 0 Å². The third-order valence-electron chi connectivity index (χ3n) is 3.07. The molecule has 2 nitrogen and oxygen atoms in total. The van der Waals surface area contributed by atoms with Crippen LogP contribution in [-0.2, 0) is 9.47 Å². The van der Waals surface area contributed by atoms with Gasteiger partial charge in [-0.1, -0.05) is 43.1 Å². The zero-order chi connectivity index (χ0) is 12.0. The van der Waals surface area contributed by atoms with Crippen LogP contribution in [0.5, 0.6) is 0 Å². The zero-order valence-electron chi connectivity index (χ0n) is 10.7. The molecule has 0 radical (unpaired) electrons. The fraction of sp³-hybridized carbons (Fsp3) is 1.00. The Labute approximate surface area is 108 Å². The van der Waals surface area contributed by atoms with E-state index in [1.54, 1.807) is 0 Å². The van der Waals surface area contributed by atoms with Crippen molar-refractivity contribution < 1.29 is 9.47 Å². The van der Waals surface area contributed by atoms with Crippen molar-refractivity contribution in [3.63, 3.8) is 0 Å². The summed E-state index contributed by atoms with van der Waals surface area (Å²) in [5, 5.41) is 0. The molecule has 0 aromatic carbocycles. The number of ether oxygens (including phenoxy) is 2. The van der Waals surface area contributed by atoms with Gasteiger partial charge in [-0.2, -0.15) is 0 Å². The SMILES string of the molecule is CCCOC1C(Br)CC1OCC(C)CCC. The molecule has 96 valence electrons. The summed E-state index contributed by atoms with van der Waals surface area (Å²) in [6, 6.07) is 0. The molecule has 0 N–H and O–H groups in total. The summed E-state index contributed by atoms with van der Waals surface area (Å²) in [7, 11) is 0. The standard InChI is InChI=1S/C13H25BrO2/c1-4-6-10(3)9-16-12-8-11(14)13(12)15-7-5-2/h10-13H,4-9H2,1-3H3. The van der Waals surface area contributed by atoms with Gasteiger partial charge in [0.05, 0.1) is 12.2 Å². The average Bonchev–Trinajstić information content (AvgIpc) is 2.24. The van der Waals surface area contributed by atoms with Crippen LogP contribution < -0.4 is 0 Å². The maximum Gasteiger partial charge on any atom is 0.0962 e. The highest BCUT2D eigenvalue weighted by Gasteiger charge is 2.41. The molecule has 0 amide bonds. The number of halogens is 1. The van der Waals surface area contributed by atoms with Gasteiger partial charge >= 0.3 is 0 Å². The largest absolute Gasteiger partial charge is 0.375 e. The van der Waals surface area contributed by atoms with E-state index in [9.17, 15) is 0 Å². The normalized spacial score (nSPS) is 31.1. The lowest BCUT2D eigenvalue weighted by Crippen LogP contribution is -2.51. The van der Waals surface area contributed by atoms with E-state index in [2.05, 4.69) is 36.7 Å². The highest BCUT2D eigenvalue weighted by molar-refractivity contribution is 9.09. The van der Waals surface area contributed by atoms with Crippen LogP contribution in [-0.4, -0.2) is 30.2 Å². The quantitative estimate of drug-likeness (QED) is 0.634. The molecule has 0 aromatic rings. The molecule has 4 unspecified atom stereocenters. The van der Waals surface area contributed by atoms with Gasteiger partial charge in [-0.3, -0.25) is 0 Å². The Morgan fingerprint density at radius 3 is 2.56 bits per heavy atom. The molecule has 3 heteroatoms. The summed E-state index contributed by atoms with van der Waals surface area (Å²) < 4.78 is 11.7. The minimum atomic E-state index is 0.272. The predicted molar refractivity (Wildman–Crippen MR) is 71.2 cm³/mol. The minimum absolute atomic E-state index is 0.272. The van der Waals surface area contributed by atoms with Gasteiger partial charge in [0.2, 0.25) is 0 Å². The second-order valence-electron chi connectivity index (χ2n) is 4.85. The van der Waals surface area contributed by atoms with E-state index < -0.39 is 0 Å². The number of alkyl halides is 1. The Morgan fingerprint density at radius 2 is 2.00 bits per heavy atom. The molecule has 1 saturated carbocycles. The van der Waals surface area contributed by atoms with Gasteiger partial charge in [-0.15, -0.1) is 0 Å². The number of hydrogen-bond acceptors (Lipinski definition) is 2. The van der Waals surface area contributed by atoms with Gasteiger partial charge in [-0.05, 0) is 25.2 Å². The molecule has 1 rings (SSSR count). The van der Waals surface area contributed by atoms with Crippen LogP contribution in [0.2, 0.25) is 0 Å². The molecule has 16 heavy (non-hydrogen) atoms. The first-order chi connectivity index (χ1) is 7.69. The Kier molecular flexibility index (Phi) is 6.94. The van der Waals surface area contributed by atoms with Crippen LogP contribution in [0.15, 0.2) is 0 Å². The van der Waals surface area contributed by atoms with Gasteiger partial charge in [0.15, 0.2) is 0 Å². The van der Waals surface area contributed by atoms with E-state index in [-0.39, 0.29) is 6.10 Å². The first-order valence-electron chi connectivity index (χ1n) is 6.56. The highest BCUT2D eigenvalue weighted by atomic mass is 79.9. The predicted octanol–water partition coefficient (Wildman–Crippen LogP) is 3.77. The number of hydrogen-bond donors (Lipinski definition) is 0. The second-order valence-corrected chi connectivity index (χ2v) is 6.03. The van der Waals surface area contributed by atoms with Crippen LogP contribution in [0, 0.1) is 5.92 Å². The third-order valence-corrected chi connectivity index (χ3v) is 3.97. The van der Waals surface area contributed by atoms with Crippen molar-refractivity contribution in [1.82, 2.24) is 0 Å². The van der Waals surface area contributed by atoms with Crippen molar-refractivity contribution >= 4 is 15.9 Å². The lowest BCUT2D eigenvalue weighted by molar-refractivity contribution is -0.127. The van der Waals surface area contributed by atoms with Gasteiger partial charge in [0, 0.05) is 18.0 Å². The summed E-state index contributed by atoms with van der Waals surface area (Å²) in [6.45, 7) is 8.35. The van der Waals surface area contributed by atoms with E-state index >= 15 is 0 Å². The summed E-state index contributed by atoms with van der Waals surface area (Å²) in [6.07, 6.45) is 5.25. The first-order valence-corrected chi connectivity index (χ1v) is 7.47. The van der Waals surface area contributed by atoms with Crippen molar-refractivity contribution in [2.45, 2.75) is 63.5 Å². The molecular weight excluding hydrogens is 268 g/mol. The van der Waals surface area contributed by atoms with Crippen molar-refractivity contribution in [1.29, 1.82) is 0 Å². The Balaban J connectivity index is 2.16. The molecule has 0 aliphatic heterocycles. The molecule has 0 heterocycles. The van der Waals surface area contributed by atoms with E-state index in [0.29, 0.717) is 16.8 Å². The van der Waals surface area contributed by atoms with Crippen LogP contribution in [0.4, 0.5) is 0 Å². The summed E-state index contributed by atoms with van der Waals surface area (Å²) >= 11 is 3.63. The monoisotopic (exact) mass is 292 g/mol. The summed E-state index contributed by atoms with van der Waals surface area (Å²) in [4.78, 5) is 0.491. The molecule has 0 aromatic heterocycles. The fourth-order valence-electron chi connectivity index (χ4n) is 2.02. The van der Waals surface area contributed by atoms with Crippen molar-refractivity contribution in [3.05, 3.63) is 0 Å². The van der Waals surface area contributed by atoms with Gasteiger partial charge in [0.1, 0.15) is 0 Å². The number of rotatable bonds is 8. The van der Waals surface area contributed by atoms with Crippen LogP contribution >= 0.6 is 15.9 Å².